The van der Waals surface area contributed by atoms with Crippen molar-refractivity contribution < 1.29 is 4.79 Å². The van der Waals surface area contributed by atoms with Crippen LogP contribution in [0.5, 0.6) is 0 Å². The number of carbonyl (C=O) groups excluding carboxylic acids is 1. The van der Waals surface area contributed by atoms with Crippen molar-refractivity contribution >= 4 is 5.91 Å². The lowest BCUT2D eigenvalue weighted by atomic mass is 9.86. The monoisotopic (exact) mass is 256 g/mol. The molecule has 0 aromatic carbocycles. The number of pyridine rings is 1. The van der Waals surface area contributed by atoms with Gasteiger partial charge in [0.05, 0.1) is 0 Å². The van der Waals surface area contributed by atoms with Crippen LogP contribution in [0.1, 0.15) is 48.7 Å². The fraction of sp³-hybridized carbons (Fsp3) is 0.500. The molecule has 0 spiro atoms. The van der Waals surface area contributed by atoms with Crippen LogP contribution in [0.3, 0.4) is 0 Å². The van der Waals surface area contributed by atoms with Crippen LogP contribution in [0.4, 0.5) is 0 Å². The van der Waals surface area contributed by atoms with E-state index in [0.29, 0.717) is 11.6 Å². The number of carbonyl (C=O) groups is 1. The molecule has 2 rings (SSSR count). The Bertz CT molecular complexity index is 513. The molecule has 1 aromatic rings. The predicted octanol–water partition coefficient (Wildman–Crippen LogP) is 2.70. The minimum absolute atomic E-state index is 0.0618. The first-order chi connectivity index (χ1) is 9.20. The van der Waals surface area contributed by atoms with Gasteiger partial charge in [0.25, 0.3) is 5.91 Å². The lowest BCUT2D eigenvalue weighted by molar-refractivity contribution is 0.0918. The molecule has 1 aliphatic carbocycles. The van der Waals surface area contributed by atoms with Crippen molar-refractivity contribution in [1.29, 1.82) is 0 Å². The summed E-state index contributed by atoms with van der Waals surface area (Å²) in [5.74, 6) is 6.56. The van der Waals surface area contributed by atoms with Gasteiger partial charge < -0.3 is 5.32 Å². The summed E-state index contributed by atoms with van der Waals surface area (Å²) < 4.78 is 0. The molecule has 3 nitrogen and oxygen atoms in total. The second-order valence-electron chi connectivity index (χ2n) is 5.10. The zero-order chi connectivity index (χ0) is 13.7. The van der Waals surface area contributed by atoms with Gasteiger partial charge in [-0.05, 0) is 44.7 Å². The molecule has 2 atom stereocenters. The average molecular weight is 256 g/mol. The van der Waals surface area contributed by atoms with Gasteiger partial charge in [-0.15, -0.1) is 11.8 Å². The van der Waals surface area contributed by atoms with Gasteiger partial charge in [0.15, 0.2) is 0 Å². The Hall–Kier alpha value is -1.82. The van der Waals surface area contributed by atoms with E-state index >= 15 is 0 Å². The first kappa shape index (κ1) is 13.6. The van der Waals surface area contributed by atoms with Crippen molar-refractivity contribution in [2.45, 2.75) is 45.6 Å². The largest absolute Gasteiger partial charge is 0.348 e. The highest BCUT2D eigenvalue weighted by Gasteiger charge is 2.23. The minimum atomic E-state index is -0.0618. The smallest absolute Gasteiger partial charge is 0.270 e. The third-order valence-corrected chi connectivity index (χ3v) is 3.58. The van der Waals surface area contributed by atoms with E-state index in [9.17, 15) is 4.79 Å². The molecular weight excluding hydrogens is 236 g/mol. The first-order valence-electron chi connectivity index (χ1n) is 6.85. The number of hydrogen-bond acceptors (Lipinski definition) is 2. The normalized spacial score (nSPS) is 22.2. The van der Waals surface area contributed by atoms with E-state index in [1.165, 1.54) is 0 Å². The van der Waals surface area contributed by atoms with Gasteiger partial charge in [-0.2, -0.15) is 0 Å². The fourth-order valence-electron chi connectivity index (χ4n) is 2.63. The molecule has 1 N–H and O–H groups in total. The molecule has 1 heterocycles. The van der Waals surface area contributed by atoms with Crippen LogP contribution in [0.2, 0.25) is 0 Å². The Kier molecular flexibility index (Phi) is 4.57. The van der Waals surface area contributed by atoms with Gasteiger partial charge in [0.1, 0.15) is 5.69 Å². The maximum atomic E-state index is 12.2. The summed E-state index contributed by atoms with van der Waals surface area (Å²) in [5, 5.41) is 3.10. The van der Waals surface area contributed by atoms with E-state index in [1.807, 2.05) is 26.0 Å². The summed E-state index contributed by atoms with van der Waals surface area (Å²) in [6.07, 6.45) is 5.94. The van der Waals surface area contributed by atoms with E-state index in [-0.39, 0.29) is 11.9 Å². The summed E-state index contributed by atoms with van der Waals surface area (Å²) in [7, 11) is 0. The van der Waals surface area contributed by atoms with Crippen LogP contribution in [0.25, 0.3) is 0 Å². The van der Waals surface area contributed by atoms with Crippen LogP contribution in [0, 0.1) is 24.7 Å². The van der Waals surface area contributed by atoms with E-state index in [0.717, 1.165) is 31.2 Å². The van der Waals surface area contributed by atoms with Crippen molar-refractivity contribution in [2.75, 3.05) is 0 Å². The average Bonchev–Trinajstić information content (AvgIpc) is 2.40. The topological polar surface area (TPSA) is 42.0 Å². The van der Waals surface area contributed by atoms with Crippen LogP contribution in [-0.2, 0) is 0 Å². The fourth-order valence-corrected chi connectivity index (χ4v) is 2.63. The molecule has 19 heavy (non-hydrogen) atoms. The number of nitrogens with zero attached hydrogens (tertiary/aromatic N) is 1. The predicted molar refractivity (Wildman–Crippen MR) is 75.6 cm³/mol. The van der Waals surface area contributed by atoms with E-state index in [2.05, 4.69) is 22.1 Å². The summed E-state index contributed by atoms with van der Waals surface area (Å²) >= 11 is 0. The second kappa shape index (κ2) is 6.38. The Balaban J connectivity index is 1.99. The Morgan fingerprint density at radius 2 is 2.32 bits per heavy atom. The van der Waals surface area contributed by atoms with Gasteiger partial charge in [-0.3, -0.25) is 9.78 Å². The number of hydrogen-bond donors (Lipinski definition) is 1. The molecule has 1 aliphatic rings. The summed E-state index contributed by atoms with van der Waals surface area (Å²) in [6, 6.07) is 3.99. The molecule has 1 aromatic heterocycles. The van der Waals surface area contributed by atoms with Crippen molar-refractivity contribution in [3.63, 3.8) is 0 Å². The van der Waals surface area contributed by atoms with E-state index in [1.54, 1.807) is 6.20 Å². The molecule has 1 saturated carbocycles. The number of aromatic nitrogens is 1. The molecule has 2 unspecified atom stereocenters. The van der Waals surface area contributed by atoms with Gasteiger partial charge >= 0.3 is 0 Å². The Labute approximate surface area is 114 Å². The summed E-state index contributed by atoms with van der Waals surface area (Å²) in [6.45, 7) is 3.79. The number of amides is 1. The van der Waals surface area contributed by atoms with Gasteiger partial charge in [-0.25, -0.2) is 0 Å². The molecule has 0 bridgehead atoms. The van der Waals surface area contributed by atoms with Crippen molar-refractivity contribution in [1.82, 2.24) is 10.3 Å². The molecule has 1 fully saturated rings. The third kappa shape index (κ3) is 3.57. The highest BCUT2D eigenvalue weighted by molar-refractivity contribution is 5.93. The molecular formula is C16H20N2O. The van der Waals surface area contributed by atoms with Crippen LogP contribution in [0.15, 0.2) is 18.3 Å². The first-order valence-corrected chi connectivity index (χ1v) is 6.85. The molecule has 0 aliphatic heterocycles. The lowest BCUT2D eigenvalue weighted by Crippen LogP contribution is -2.38. The lowest BCUT2D eigenvalue weighted by Gasteiger charge is -2.27. The van der Waals surface area contributed by atoms with Gasteiger partial charge in [-0.1, -0.05) is 12.5 Å². The Morgan fingerprint density at radius 3 is 3.05 bits per heavy atom. The zero-order valence-electron chi connectivity index (χ0n) is 11.6. The molecule has 100 valence electrons. The highest BCUT2D eigenvalue weighted by Crippen LogP contribution is 2.24. The van der Waals surface area contributed by atoms with Crippen LogP contribution >= 0.6 is 0 Å². The maximum Gasteiger partial charge on any atom is 0.270 e. The molecule has 0 saturated heterocycles. The van der Waals surface area contributed by atoms with Gasteiger partial charge in [0, 0.05) is 18.2 Å². The number of nitrogens with one attached hydrogen (secondary N) is 1. The van der Waals surface area contributed by atoms with E-state index in [4.69, 9.17) is 0 Å². The number of rotatable bonds is 2. The van der Waals surface area contributed by atoms with Gasteiger partial charge in [0.2, 0.25) is 0 Å². The SMILES string of the molecule is CC#CC1CCCC(NC(=O)c2ncccc2C)C1. The summed E-state index contributed by atoms with van der Waals surface area (Å²) in [5.41, 5.74) is 1.45. The third-order valence-electron chi connectivity index (χ3n) is 3.58. The van der Waals surface area contributed by atoms with Crippen LogP contribution in [-0.4, -0.2) is 16.9 Å². The van der Waals surface area contributed by atoms with E-state index < -0.39 is 0 Å². The highest BCUT2D eigenvalue weighted by atomic mass is 16.1. The zero-order valence-corrected chi connectivity index (χ0v) is 11.6. The molecule has 0 radical (unpaired) electrons. The Morgan fingerprint density at radius 1 is 1.47 bits per heavy atom. The quantitative estimate of drug-likeness (QED) is 0.827. The standard InChI is InChI=1S/C16H20N2O/c1-3-6-13-8-4-9-14(11-13)18-16(19)15-12(2)7-5-10-17-15/h5,7,10,13-14H,4,8-9,11H2,1-2H3,(H,18,19). The molecule has 3 heteroatoms. The molecule has 1 amide bonds. The van der Waals surface area contributed by atoms with Crippen molar-refractivity contribution in [2.24, 2.45) is 5.92 Å². The van der Waals surface area contributed by atoms with Crippen molar-refractivity contribution in [3.05, 3.63) is 29.6 Å². The van der Waals surface area contributed by atoms with Crippen LogP contribution < -0.4 is 5.32 Å². The number of aryl methyl sites for hydroxylation is 1. The maximum absolute atomic E-state index is 12.2. The minimum Gasteiger partial charge on any atom is -0.348 e. The summed E-state index contributed by atoms with van der Waals surface area (Å²) in [4.78, 5) is 16.3. The van der Waals surface area contributed by atoms with Crippen molar-refractivity contribution in [3.8, 4) is 11.8 Å². The second-order valence-corrected chi connectivity index (χ2v) is 5.10.